The van der Waals surface area contributed by atoms with Crippen LogP contribution in [-0.4, -0.2) is 51.1 Å². The standard InChI is InChI=1S/C18H29NO4S/c1-4-22-18-12-16(6-7-17(18)23-14-15(2)3)13-19-8-5-10-24(20,21)11-9-19/h6-7,12,15H,4-5,8-11,13-14H2,1-3H3. The molecule has 0 aromatic heterocycles. The largest absolute Gasteiger partial charge is 0.490 e. The Hall–Kier alpha value is -1.27. The van der Waals surface area contributed by atoms with E-state index in [1.807, 2.05) is 25.1 Å². The van der Waals surface area contributed by atoms with E-state index in [0.717, 1.165) is 30.2 Å². The zero-order valence-corrected chi connectivity index (χ0v) is 15.8. The van der Waals surface area contributed by atoms with Gasteiger partial charge in [0.1, 0.15) is 0 Å². The van der Waals surface area contributed by atoms with E-state index in [1.54, 1.807) is 0 Å². The highest BCUT2D eigenvalue weighted by atomic mass is 32.2. The zero-order chi connectivity index (χ0) is 17.6. The van der Waals surface area contributed by atoms with Crippen LogP contribution in [0.2, 0.25) is 0 Å². The van der Waals surface area contributed by atoms with Crippen LogP contribution in [-0.2, 0) is 16.4 Å². The van der Waals surface area contributed by atoms with Crippen LogP contribution in [0.25, 0.3) is 0 Å². The molecule has 1 fully saturated rings. The Kier molecular flexibility index (Phi) is 6.92. The summed E-state index contributed by atoms with van der Waals surface area (Å²) in [5, 5.41) is 0. The predicted molar refractivity (Wildman–Crippen MR) is 96.5 cm³/mol. The molecular weight excluding hydrogens is 326 g/mol. The molecule has 0 spiro atoms. The third-order valence-electron chi connectivity index (χ3n) is 3.93. The summed E-state index contributed by atoms with van der Waals surface area (Å²) in [6, 6.07) is 6.01. The lowest BCUT2D eigenvalue weighted by molar-refractivity contribution is 0.247. The normalized spacial score (nSPS) is 18.3. The third-order valence-corrected chi connectivity index (χ3v) is 5.65. The Bertz CT molecular complexity index is 628. The lowest BCUT2D eigenvalue weighted by Gasteiger charge is -2.20. The summed E-state index contributed by atoms with van der Waals surface area (Å²) in [6.45, 7) is 9.57. The molecule has 0 N–H and O–H groups in total. The van der Waals surface area contributed by atoms with E-state index >= 15 is 0 Å². The fraction of sp³-hybridized carbons (Fsp3) is 0.667. The Morgan fingerprint density at radius 2 is 1.92 bits per heavy atom. The maximum absolute atomic E-state index is 11.7. The average Bonchev–Trinajstić information content (AvgIpc) is 2.68. The van der Waals surface area contributed by atoms with Crippen LogP contribution in [0.5, 0.6) is 11.5 Å². The van der Waals surface area contributed by atoms with Crippen LogP contribution >= 0.6 is 0 Å². The highest BCUT2D eigenvalue weighted by Gasteiger charge is 2.19. The van der Waals surface area contributed by atoms with Crippen molar-refractivity contribution in [2.24, 2.45) is 5.92 Å². The van der Waals surface area contributed by atoms with E-state index in [0.29, 0.717) is 37.9 Å². The zero-order valence-electron chi connectivity index (χ0n) is 15.0. The monoisotopic (exact) mass is 355 g/mol. The summed E-state index contributed by atoms with van der Waals surface area (Å²) in [6.07, 6.45) is 0.705. The van der Waals surface area contributed by atoms with E-state index in [4.69, 9.17) is 9.47 Å². The number of sulfone groups is 1. The summed E-state index contributed by atoms with van der Waals surface area (Å²) in [4.78, 5) is 2.20. The summed E-state index contributed by atoms with van der Waals surface area (Å²) >= 11 is 0. The molecule has 2 rings (SSSR count). The predicted octanol–water partition coefficient (Wildman–Crippen LogP) is 2.74. The maximum atomic E-state index is 11.7. The van der Waals surface area contributed by atoms with Crippen molar-refractivity contribution in [3.05, 3.63) is 23.8 Å². The van der Waals surface area contributed by atoms with Gasteiger partial charge in [0, 0.05) is 13.1 Å². The number of hydrogen-bond donors (Lipinski definition) is 0. The minimum atomic E-state index is -2.87. The van der Waals surface area contributed by atoms with Gasteiger partial charge >= 0.3 is 0 Å². The number of ether oxygens (including phenoxy) is 2. The van der Waals surface area contributed by atoms with Crippen molar-refractivity contribution in [2.75, 3.05) is 37.8 Å². The quantitative estimate of drug-likeness (QED) is 0.753. The summed E-state index contributed by atoms with van der Waals surface area (Å²) in [7, 11) is -2.87. The maximum Gasteiger partial charge on any atom is 0.161 e. The molecule has 136 valence electrons. The molecule has 0 unspecified atom stereocenters. The third kappa shape index (κ3) is 5.98. The van der Waals surface area contributed by atoms with Crippen LogP contribution in [0.1, 0.15) is 32.8 Å². The lowest BCUT2D eigenvalue weighted by Crippen LogP contribution is -2.26. The Balaban J connectivity index is 2.06. The van der Waals surface area contributed by atoms with Crippen molar-refractivity contribution < 1.29 is 17.9 Å². The van der Waals surface area contributed by atoms with Gasteiger partial charge in [0.2, 0.25) is 0 Å². The van der Waals surface area contributed by atoms with Gasteiger partial charge in [-0.25, -0.2) is 8.42 Å². The molecular formula is C18H29NO4S. The van der Waals surface area contributed by atoms with Crippen molar-refractivity contribution in [3.8, 4) is 11.5 Å². The second kappa shape index (κ2) is 8.72. The summed E-state index contributed by atoms with van der Waals surface area (Å²) < 4.78 is 35.0. The summed E-state index contributed by atoms with van der Waals surface area (Å²) in [5.41, 5.74) is 1.12. The number of hydrogen-bond acceptors (Lipinski definition) is 5. The van der Waals surface area contributed by atoms with Crippen LogP contribution in [0.4, 0.5) is 0 Å². The molecule has 0 bridgehead atoms. The molecule has 0 aliphatic carbocycles. The second-order valence-electron chi connectivity index (χ2n) is 6.70. The molecule has 0 amide bonds. The first-order chi connectivity index (χ1) is 11.4. The van der Waals surface area contributed by atoms with Crippen molar-refractivity contribution in [2.45, 2.75) is 33.7 Å². The van der Waals surface area contributed by atoms with Gasteiger partial charge in [0.15, 0.2) is 21.3 Å². The van der Waals surface area contributed by atoms with Gasteiger partial charge in [-0.1, -0.05) is 19.9 Å². The van der Waals surface area contributed by atoms with Crippen LogP contribution in [0, 0.1) is 5.92 Å². The fourth-order valence-electron chi connectivity index (χ4n) is 2.70. The topological polar surface area (TPSA) is 55.8 Å². The number of nitrogens with zero attached hydrogens (tertiary/aromatic N) is 1. The highest BCUT2D eigenvalue weighted by molar-refractivity contribution is 7.91. The summed E-state index contributed by atoms with van der Waals surface area (Å²) in [5.74, 6) is 2.54. The molecule has 1 aromatic carbocycles. The van der Waals surface area contributed by atoms with E-state index in [2.05, 4.69) is 18.7 Å². The van der Waals surface area contributed by atoms with Gasteiger partial charge in [-0.3, -0.25) is 4.90 Å². The van der Waals surface area contributed by atoms with Crippen molar-refractivity contribution in [3.63, 3.8) is 0 Å². The van der Waals surface area contributed by atoms with E-state index < -0.39 is 9.84 Å². The van der Waals surface area contributed by atoms with E-state index in [1.165, 1.54) is 0 Å². The van der Waals surface area contributed by atoms with Gasteiger partial charge < -0.3 is 9.47 Å². The molecule has 1 aliphatic rings. The molecule has 24 heavy (non-hydrogen) atoms. The molecule has 0 saturated carbocycles. The van der Waals surface area contributed by atoms with Crippen LogP contribution in [0.15, 0.2) is 18.2 Å². The molecule has 6 heteroatoms. The van der Waals surface area contributed by atoms with Gasteiger partial charge in [-0.15, -0.1) is 0 Å². The Morgan fingerprint density at radius 3 is 2.62 bits per heavy atom. The average molecular weight is 356 g/mol. The molecule has 1 saturated heterocycles. The first-order valence-corrected chi connectivity index (χ1v) is 10.5. The molecule has 1 heterocycles. The molecule has 0 atom stereocenters. The number of rotatable bonds is 7. The molecule has 0 radical (unpaired) electrons. The minimum Gasteiger partial charge on any atom is -0.490 e. The van der Waals surface area contributed by atoms with Gasteiger partial charge in [-0.2, -0.15) is 0 Å². The van der Waals surface area contributed by atoms with Gasteiger partial charge in [0.05, 0.1) is 24.7 Å². The van der Waals surface area contributed by atoms with Crippen LogP contribution < -0.4 is 9.47 Å². The lowest BCUT2D eigenvalue weighted by atomic mass is 10.1. The Labute approximate surface area is 145 Å². The highest BCUT2D eigenvalue weighted by Crippen LogP contribution is 2.29. The molecule has 1 aliphatic heterocycles. The van der Waals surface area contributed by atoms with Crippen LogP contribution in [0.3, 0.4) is 0 Å². The second-order valence-corrected chi connectivity index (χ2v) is 9.00. The van der Waals surface area contributed by atoms with E-state index in [9.17, 15) is 8.42 Å². The fourth-order valence-corrected chi connectivity index (χ4v) is 4.01. The van der Waals surface area contributed by atoms with Crippen molar-refractivity contribution in [1.82, 2.24) is 4.90 Å². The van der Waals surface area contributed by atoms with Crippen molar-refractivity contribution in [1.29, 1.82) is 0 Å². The van der Waals surface area contributed by atoms with Gasteiger partial charge in [0.25, 0.3) is 0 Å². The Morgan fingerprint density at radius 1 is 1.12 bits per heavy atom. The first kappa shape index (κ1) is 19.1. The SMILES string of the molecule is CCOc1cc(CN2CCCS(=O)(=O)CC2)ccc1OCC(C)C. The molecule has 1 aromatic rings. The van der Waals surface area contributed by atoms with E-state index in [-0.39, 0.29) is 5.75 Å². The first-order valence-electron chi connectivity index (χ1n) is 8.71. The number of benzene rings is 1. The van der Waals surface area contributed by atoms with Crippen molar-refractivity contribution >= 4 is 9.84 Å². The smallest absolute Gasteiger partial charge is 0.161 e. The van der Waals surface area contributed by atoms with Gasteiger partial charge in [-0.05, 0) is 43.5 Å². The molecule has 5 nitrogen and oxygen atoms in total. The minimum absolute atomic E-state index is 0.251.